The van der Waals surface area contributed by atoms with Crippen LogP contribution in [0.5, 0.6) is 0 Å². The quantitative estimate of drug-likeness (QED) is 0.256. The number of halogens is 1. The molecule has 12 nitrogen and oxygen atoms in total. The topological polar surface area (TPSA) is 170 Å². The number of aliphatic hydroxyl groups is 2. The predicted octanol–water partition coefficient (Wildman–Crippen LogP) is 0.474. The number of carbonyl (C=O) groups excluding carboxylic acids is 1. The van der Waals surface area contributed by atoms with Gasteiger partial charge in [-0.1, -0.05) is 19.6 Å². The number of nitrogens with one attached hydrogen (secondary N) is 2. The molecule has 4 atom stereocenters. The molecule has 1 saturated heterocycles. The van der Waals surface area contributed by atoms with Crippen LogP contribution in [0.15, 0.2) is 6.33 Å². The van der Waals surface area contributed by atoms with E-state index in [9.17, 15) is 19.4 Å². The summed E-state index contributed by atoms with van der Waals surface area (Å²) in [5.74, 6) is 0.242. The fourth-order valence-corrected chi connectivity index (χ4v) is 3.84. The van der Waals surface area contributed by atoms with Crippen molar-refractivity contribution in [3.05, 3.63) is 6.33 Å². The van der Waals surface area contributed by atoms with E-state index in [1.165, 1.54) is 10.9 Å². The van der Waals surface area contributed by atoms with Crippen LogP contribution in [0.1, 0.15) is 6.23 Å². The molecule has 3 heterocycles. The van der Waals surface area contributed by atoms with E-state index in [4.69, 9.17) is 15.2 Å². The molecular formula is C18H30FN7O5Si. The van der Waals surface area contributed by atoms with Gasteiger partial charge in [0.1, 0.15) is 17.7 Å². The number of aromatic nitrogens is 4. The van der Waals surface area contributed by atoms with E-state index < -0.39 is 45.4 Å². The van der Waals surface area contributed by atoms with Gasteiger partial charge in [-0.3, -0.25) is 4.57 Å². The maximum absolute atomic E-state index is 14.1. The third kappa shape index (κ3) is 5.62. The number of alkyl carbamates (subject to hydrolysis) is 1. The molecule has 14 heteroatoms. The second-order valence-electron chi connectivity index (χ2n) is 8.74. The number of ether oxygens (including phenoxy) is 2. The van der Waals surface area contributed by atoms with Crippen molar-refractivity contribution in [2.75, 3.05) is 37.4 Å². The summed E-state index contributed by atoms with van der Waals surface area (Å²) >= 11 is 0. The lowest BCUT2D eigenvalue weighted by molar-refractivity contribution is -0.0495. The Labute approximate surface area is 185 Å². The first-order chi connectivity index (χ1) is 15.1. The highest BCUT2D eigenvalue weighted by Gasteiger charge is 2.45. The molecule has 0 spiro atoms. The lowest BCUT2D eigenvalue weighted by Crippen LogP contribution is -2.31. The van der Waals surface area contributed by atoms with Gasteiger partial charge in [-0.25, -0.2) is 14.2 Å². The largest absolute Gasteiger partial charge is 0.450 e. The molecule has 1 amide bonds. The smallest absolute Gasteiger partial charge is 0.407 e. The van der Waals surface area contributed by atoms with Gasteiger partial charge in [0.05, 0.1) is 19.5 Å². The van der Waals surface area contributed by atoms with Crippen LogP contribution in [0.2, 0.25) is 25.7 Å². The van der Waals surface area contributed by atoms with Crippen molar-refractivity contribution in [2.45, 2.75) is 50.3 Å². The monoisotopic (exact) mass is 471 g/mol. The Morgan fingerprint density at radius 2 is 2.12 bits per heavy atom. The van der Waals surface area contributed by atoms with Crippen LogP contribution in [0.3, 0.4) is 0 Å². The number of hydrogen-bond donors (Lipinski definition) is 5. The van der Waals surface area contributed by atoms with Crippen molar-refractivity contribution >= 4 is 37.1 Å². The fourth-order valence-electron chi connectivity index (χ4n) is 3.13. The highest BCUT2D eigenvalue weighted by atomic mass is 28.3. The number of nitrogens with zero attached hydrogens (tertiary/aromatic N) is 4. The zero-order valence-corrected chi connectivity index (χ0v) is 19.3. The number of imidazole rings is 1. The molecule has 1 aliphatic heterocycles. The zero-order chi connectivity index (χ0) is 23.5. The standard InChI is InChI=1S/C18H30FN7O5Si/c1-32(2,3)7-6-30-18(29)22-5-4-21-17-24-14(20)12-15(25-17)26(9-23-12)16-13(28)11(19)10(8-27)31-16/h9-11,13,16,27-28H,4-8H2,1-3H3,(H,22,29)(H3,20,21,24,25)/t10-,11?,13-,16-/m1/s1. The highest BCUT2D eigenvalue weighted by molar-refractivity contribution is 6.76. The Bertz CT molecular complexity index is 940. The van der Waals surface area contributed by atoms with E-state index in [-0.39, 0.29) is 29.5 Å². The normalized spacial score (nSPS) is 23.4. The maximum Gasteiger partial charge on any atom is 0.407 e. The van der Waals surface area contributed by atoms with Crippen molar-refractivity contribution in [2.24, 2.45) is 0 Å². The van der Waals surface area contributed by atoms with E-state index in [0.717, 1.165) is 6.04 Å². The van der Waals surface area contributed by atoms with Crippen LogP contribution >= 0.6 is 0 Å². The highest BCUT2D eigenvalue weighted by Crippen LogP contribution is 2.33. The number of alkyl halides is 1. The van der Waals surface area contributed by atoms with Gasteiger partial charge in [-0.15, -0.1) is 0 Å². The minimum Gasteiger partial charge on any atom is -0.450 e. The SMILES string of the molecule is C[Si](C)(C)CCOC(=O)NCCNc1nc(N)c2ncn([C@@H]3O[C@H](CO)C(F)[C@H]3O)c2n1. The third-order valence-corrected chi connectivity index (χ3v) is 6.66. The van der Waals surface area contributed by atoms with Gasteiger partial charge >= 0.3 is 6.09 Å². The average Bonchev–Trinajstić information content (AvgIpc) is 3.26. The maximum atomic E-state index is 14.1. The van der Waals surface area contributed by atoms with E-state index in [2.05, 4.69) is 45.2 Å². The number of anilines is 2. The number of amides is 1. The summed E-state index contributed by atoms with van der Waals surface area (Å²) in [4.78, 5) is 24.3. The van der Waals surface area contributed by atoms with Crippen LogP contribution in [0.25, 0.3) is 11.2 Å². The Kier molecular flexibility index (Phi) is 7.48. The molecule has 32 heavy (non-hydrogen) atoms. The number of hydrogen-bond acceptors (Lipinski definition) is 10. The Morgan fingerprint density at radius 3 is 2.78 bits per heavy atom. The number of nitrogen functional groups attached to an aromatic ring is 1. The molecule has 6 N–H and O–H groups in total. The van der Waals surface area contributed by atoms with Gasteiger partial charge < -0.3 is 36.1 Å². The Hall–Kier alpha value is -2.55. The van der Waals surface area contributed by atoms with E-state index >= 15 is 0 Å². The molecule has 0 saturated carbocycles. The Morgan fingerprint density at radius 1 is 1.38 bits per heavy atom. The van der Waals surface area contributed by atoms with E-state index in [0.29, 0.717) is 13.2 Å². The summed E-state index contributed by atoms with van der Waals surface area (Å²) in [6.45, 7) is 6.98. The van der Waals surface area contributed by atoms with Crippen LogP contribution in [0, 0.1) is 0 Å². The molecule has 0 aliphatic carbocycles. The number of nitrogens with two attached hydrogens (primary N) is 1. The lowest BCUT2D eigenvalue weighted by atomic mass is 10.1. The molecule has 2 aromatic rings. The lowest BCUT2D eigenvalue weighted by Gasteiger charge is -2.16. The van der Waals surface area contributed by atoms with Crippen molar-refractivity contribution in [1.82, 2.24) is 24.8 Å². The van der Waals surface area contributed by atoms with Crippen molar-refractivity contribution in [1.29, 1.82) is 0 Å². The first kappa shape index (κ1) is 24.1. The molecule has 1 aliphatic rings. The van der Waals surface area contributed by atoms with Crippen molar-refractivity contribution in [3.8, 4) is 0 Å². The number of fused-ring (bicyclic) bond motifs is 1. The van der Waals surface area contributed by atoms with Crippen LogP contribution < -0.4 is 16.4 Å². The summed E-state index contributed by atoms with van der Waals surface area (Å²) in [7, 11) is -1.27. The number of aliphatic hydroxyl groups excluding tert-OH is 2. The molecule has 0 radical (unpaired) electrons. The van der Waals surface area contributed by atoms with Crippen LogP contribution in [0.4, 0.5) is 21.0 Å². The number of carbonyl (C=O) groups is 1. The molecular weight excluding hydrogens is 441 g/mol. The molecule has 0 bridgehead atoms. The van der Waals surface area contributed by atoms with Gasteiger partial charge in [0, 0.05) is 21.2 Å². The molecule has 2 aromatic heterocycles. The molecule has 3 rings (SSSR count). The van der Waals surface area contributed by atoms with Gasteiger partial charge in [0.15, 0.2) is 23.9 Å². The van der Waals surface area contributed by atoms with Crippen LogP contribution in [-0.4, -0.2) is 88.6 Å². The molecule has 0 aromatic carbocycles. The Balaban J connectivity index is 1.59. The first-order valence-electron chi connectivity index (χ1n) is 10.3. The molecule has 1 unspecified atom stereocenters. The molecule has 178 valence electrons. The first-order valence-corrected chi connectivity index (χ1v) is 14.0. The van der Waals surface area contributed by atoms with E-state index in [1.54, 1.807) is 0 Å². The minimum atomic E-state index is -1.75. The van der Waals surface area contributed by atoms with Crippen molar-refractivity contribution in [3.63, 3.8) is 0 Å². The van der Waals surface area contributed by atoms with Gasteiger partial charge in [0.25, 0.3) is 0 Å². The second kappa shape index (κ2) is 9.93. The number of rotatable bonds is 9. The predicted molar refractivity (Wildman–Crippen MR) is 118 cm³/mol. The van der Waals surface area contributed by atoms with Crippen molar-refractivity contribution < 1.29 is 28.9 Å². The van der Waals surface area contributed by atoms with Gasteiger partial charge in [-0.2, -0.15) is 9.97 Å². The second-order valence-corrected chi connectivity index (χ2v) is 14.4. The summed E-state index contributed by atoms with van der Waals surface area (Å²) in [6, 6.07) is 0.890. The van der Waals surface area contributed by atoms with Gasteiger partial charge in [0.2, 0.25) is 5.95 Å². The summed E-state index contributed by atoms with van der Waals surface area (Å²) in [5.41, 5.74) is 6.45. The average molecular weight is 472 g/mol. The summed E-state index contributed by atoms with van der Waals surface area (Å²) in [6.07, 6.45) is -4.71. The summed E-state index contributed by atoms with van der Waals surface area (Å²) in [5, 5.41) is 25.0. The minimum absolute atomic E-state index is 0.0814. The third-order valence-electron chi connectivity index (χ3n) is 4.95. The fraction of sp³-hybridized carbons (Fsp3) is 0.667. The molecule has 1 fully saturated rings. The van der Waals surface area contributed by atoms with Gasteiger partial charge in [-0.05, 0) is 6.04 Å². The zero-order valence-electron chi connectivity index (χ0n) is 18.3. The van der Waals surface area contributed by atoms with Crippen LogP contribution in [-0.2, 0) is 9.47 Å². The van der Waals surface area contributed by atoms with E-state index in [1.807, 2.05) is 0 Å². The summed E-state index contributed by atoms with van der Waals surface area (Å²) < 4.78 is 26.0.